The van der Waals surface area contributed by atoms with Gasteiger partial charge in [-0.3, -0.25) is 4.90 Å². The van der Waals surface area contributed by atoms with Crippen LogP contribution in [0.15, 0.2) is 24.3 Å². The lowest BCUT2D eigenvalue weighted by Crippen LogP contribution is -2.42. The van der Waals surface area contributed by atoms with Crippen molar-refractivity contribution in [2.75, 3.05) is 33.2 Å². The summed E-state index contributed by atoms with van der Waals surface area (Å²) in [6.45, 7) is 7.33. The first kappa shape index (κ1) is 16.0. The Balaban J connectivity index is 1.86. The lowest BCUT2D eigenvalue weighted by Gasteiger charge is -2.36. The predicted octanol–water partition coefficient (Wildman–Crippen LogP) is 1.91. The van der Waals surface area contributed by atoms with Crippen LogP contribution in [0.3, 0.4) is 0 Å². The van der Waals surface area contributed by atoms with Crippen LogP contribution >= 0.6 is 0 Å². The second kappa shape index (κ2) is 8.19. The van der Waals surface area contributed by atoms with Gasteiger partial charge in [-0.15, -0.1) is 0 Å². The minimum Gasteiger partial charge on any atom is -0.320 e. The van der Waals surface area contributed by atoms with E-state index in [4.69, 9.17) is 5.73 Å². The van der Waals surface area contributed by atoms with Crippen LogP contribution in [-0.4, -0.2) is 49.1 Å². The molecule has 1 saturated heterocycles. The fourth-order valence-electron chi connectivity index (χ4n) is 2.94. The smallest absolute Gasteiger partial charge is 0.0555 e. The highest BCUT2D eigenvalue weighted by Gasteiger charge is 2.21. The maximum Gasteiger partial charge on any atom is 0.0555 e. The number of benzene rings is 1. The van der Waals surface area contributed by atoms with Crippen LogP contribution in [0.1, 0.15) is 30.9 Å². The Labute approximate surface area is 129 Å². The third-order valence-corrected chi connectivity index (χ3v) is 4.35. The van der Waals surface area contributed by atoms with Crippen molar-refractivity contribution in [3.05, 3.63) is 35.4 Å². The van der Waals surface area contributed by atoms with E-state index in [0.29, 0.717) is 12.6 Å². The summed E-state index contributed by atoms with van der Waals surface area (Å²) in [7, 11) is 2.24. The fourth-order valence-corrected chi connectivity index (χ4v) is 2.94. The number of likely N-dealkylation sites (tertiary alicyclic amines) is 1. The topological polar surface area (TPSA) is 32.5 Å². The molecule has 1 aromatic carbocycles. The quantitative estimate of drug-likeness (QED) is 0.858. The molecule has 0 atom stereocenters. The Morgan fingerprint density at radius 3 is 2.48 bits per heavy atom. The fraction of sp³-hybridized carbons (Fsp3) is 0.556. The lowest BCUT2D eigenvalue weighted by atomic mass is 10.0. The van der Waals surface area contributed by atoms with E-state index in [-0.39, 0.29) is 0 Å². The maximum absolute atomic E-state index is 5.39. The Morgan fingerprint density at radius 1 is 1.24 bits per heavy atom. The summed E-state index contributed by atoms with van der Waals surface area (Å²) in [5.41, 5.74) is 7.79. The van der Waals surface area contributed by atoms with Gasteiger partial charge in [0.1, 0.15) is 0 Å². The highest BCUT2D eigenvalue weighted by Crippen LogP contribution is 2.17. The Bertz CT molecular complexity index is 475. The van der Waals surface area contributed by atoms with E-state index < -0.39 is 0 Å². The van der Waals surface area contributed by atoms with E-state index >= 15 is 0 Å². The zero-order valence-electron chi connectivity index (χ0n) is 13.3. The van der Waals surface area contributed by atoms with Crippen molar-refractivity contribution in [1.29, 1.82) is 0 Å². The molecule has 21 heavy (non-hydrogen) atoms. The Kier molecular flexibility index (Phi) is 6.25. The average Bonchev–Trinajstić information content (AvgIpc) is 2.54. The van der Waals surface area contributed by atoms with Gasteiger partial charge < -0.3 is 10.6 Å². The number of nitrogens with zero attached hydrogens (tertiary/aromatic N) is 2. The predicted molar refractivity (Wildman–Crippen MR) is 89.0 cm³/mol. The molecular weight excluding hydrogens is 258 g/mol. The molecular formula is C18H27N3. The third kappa shape index (κ3) is 4.86. The molecule has 3 heteroatoms. The number of nitrogens with two attached hydrogens (primary N) is 1. The summed E-state index contributed by atoms with van der Waals surface area (Å²) in [4.78, 5) is 5.03. The molecule has 2 rings (SSSR count). The zero-order valence-corrected chi connectivity index (χ0v) is 13.3. The van der Waals surface area contributed by atoms with Gasteiger partial charge in [-0.25, -0.2) is 0 Å². The highest BCUT2D eigenvalue weighted by atomic mass is 15.2. The highest BCUT2D eigenvalue weighted by molar-refractivity contribution is 5.36. The summed E-state index contributed by atoms with van der Waals surface area (Å²) in [6, 6.07) is 9.25. The van der Waals surface area contributed by atoms with Gasteiger partial charge in [-0.2, -0.15) is 0 Å². The van der Waals surface area contributed by atoms with Crippen LogP contribution < -0.4 is 5.73 Å². The number of rotatable bonds is 4. The van der Waals surface area contributed by atoms with Gasteiger partial charge in [0.2, 0.25) is 0 Å². The van der Waals surface area contributed by atoms with Gasteiger partial charge in [0.25, 0.3) is 0 Å². The van der Waals surface area contributed by atoms with Gasteiger partial charge in [0, 0.05) is 18.2 Å². The molecule has 0 spiro atoms. The van der Waals surface area contributed by atoms with Gasteiger partial charge in [-0.05, 0) is 57.2 Å². The minimum atomic E-state index is 0.418. The van der Waals surface area contributed by atoms with Crippen LogP contribution in [0.2, 0.25) is 0 Å². The van der Waals surface area contributed by atoms with Gasteiger partial charge in [-0.1, -0.05) is 30.9 Å². The van der Waals surface area contributed by atoms with E-state index in [1.54, 1.807) is 0 Å². The van der Waals surface area contributed by atoms with Crippen LogP contribution in [0.25, 0.3) is 0 Å². The van der Waals surface area contributed by atoms with Crippen molar-refractivity contribution in [2.24, 2.45) is 5.73 Å². The molecule has 0 radical (unpaired) electrons. The van der Waals surface area contributed by atoms with Gasteiger partial charge in [0.05, 0.1) is 6.54 Å². The maximum atomic E-state index is 5.39. The number of hydrogen-bond donors (Lipinski definition) is 1. The van der Waals surface area contributed by atoms with Crippen LogP contribution in [0.4, 0.5) is 0 Å². The normalized spacial score (nSPS) is 16.8. The van der Waals surface area contributed by atoms with Crippen molar-refractivity contribution >= 4 is 0 Å². The summed E-state index contributed by atoms with van der Waals surface area (Å²) in [5.74, 6) is 5.95. The van der Waals surface area contributed by atoms with E-state index in [9.17, 15) is 0 Å². The lowest BCUT2D eigenvalue weighted by molar-refractivity contribution is 0.127. The Hall–Kier alpha value is -1.34. The molecule has 1 aromatic rings. The van der Waals surface area contributed by atoms with Crippen molar-refractivity contribution in [3.8, 4) is 11.8 Å². The summed E-state index contributed by atoms with van der Waals surface area (Å²) >= 11 is 0. The second-order valence-electron chi connectivity index (χ2n) is 5.78. The molecule has 0 saturated carbocycles. The summed E-state index contributed by atoms with van der Waals surface area (Å²) in [5, 5.41) is 0. The molecule has 0 unspecified atom stereocenters. The molecule has 2 N–H and O–H groups in total. The second-order valence-corrected chi connectivity index (χ2v) is 5.78. The van der Waals surface area contributed by atoms with Crippen LogP contribution in [0, 0.1) is 11.8 Å². The molecule has 0 aromatic heterocycles. The van der Waals surface area contributed by atoms with Crippen LogP contribution in [-0.2, 0) is 6.54 Å². The van der Waals surface area contributed by atoms with Gasteiger partial charge in [0.15, 0.2) is 0 Å². The average molecular weight is 285 g/mol. The monoisotopic (exact) mass is 285 g/mol. The third-order valence-electron chi connectivity index (χ3n) is 4.35. The first-order valence-electron chi connectivity index (χ1n) is 7.93. The van der Waals surface area contributed by atoms with E-state index in [0.717, 1.165) is 12.1 Å². The minimum absolute atomic E-state index is 0.418. The molecule has 0 aliphatic carbocycles. The zero-order chi connectivity index (χ0) is 15.1. The molecule has 1 fully saturated rings. The van der Waals surface area contributed by atoms with Crippen molar-refractivity contribution < 1.29 is 0 Å². The van der Waals surface area contributed by atoms with Gasteiger partial charge >= 0.3 is 0 Å². The number of piperidine rings is 1. The Morgan fingerprint density at radius 2 is 1.90 bits per heavy atom. The van der Waals surface area contributed by atoms with Crippen molar-refractivity contribution in [3.63, 3.8) is 0 Å². The number of hydrogen-bond acceptors (Lipinski definition) is 3. The summed E-state index contributed by atoms with van der Waals surface area (Å²) < 4.78 is 0. The first-order chi connectivity index (χ1) is 10.2. The molecule has 1 aliphatic rings. The summed E-state index contributed by atoms with van der Waals surface area (Å²) in [6.07, 6.45) is 2.56. The molecule has 3 nitrogen and oxygen atoms in total. The molecule has 114 valence electrons. The van der Waals surface area contributed by atoms with E-state index in [1.165, 1.54) is 38.0 Å². The standard InChI is InChI=1S/C18H27N3/c1-3-21-13-10-18(11-14-21)20(2)15-17-8-6-16(7-9-17)5-4-12-19/h6-9,18H,3,10-15,19H2,1-2H3. The van der Waals surface area contributed by atoms with E-state index in [2.05, 4.69) is 59.9 Å². The molecule has 1 heterocycles. The van der Waals surface area contributed by atoms with Crippen LogP contribution in [0.5, 0.6) is 0 Å². The molecule has 1 aliphatic heterocycles. The van der Waals surface area contributed by atoms with Crippen molar-refractivity contribution in [1.82, 2.24) is 9.80 Å². The van der Waals surface area contributed by atoms with Crippen molar-refractivity contribution in [2.45, 2.75) is 32.4 Å². The molecule has 0 bridgehead atoms. The molecule has 0 amide bonds. The first-order valence-corrected chi connectivity index (χ1v) is 7.93. The SMILES string of the molecule is CCN1CCC(N(C)Cc2ccc(C#CCN)cc2)CC1. The van der Waals surface area contributed by atoms with E-state index in [1.807, 2.05) is 0 Å². The largest absolute Gasteiger partial charge is 0.320 e.